The number of anilines is 1. The van der Waals surface area contributed by atoms with Gasteiger partial charge in [-0.15, -0.1) is 10.2 Å². The lowest BCUT2D eigenvalue weighted by atomic mass is 10.1. The molecule has 0 saturated heterocycles. The fourth-order valence-corrected chi connectivity index (χ4v) is 4.12. The van der Waals surface area contributed by atoms with E-state index in [1.807, 2.05) is 79.1 Å². The predicted molar refractivity (Wildman–Crippen MR) is 126 cm³/mol. The second kappa shape index (κ2) is 9.65. The third kappa shape index (κ3) is 4.50. The Morgan fingerprint density at radius 1 is 1.00 bits per heavy atom. The van der Waals surface area contributed by atoms with E-state index in [1.165, 1.54) is 11.8 Å². The predicted octanol–water partition coefficient (Wildman–Crippen LogP) is 4.69. The summed E-state index contributed by atoms with van der Waals surface area (Å²) in [6.07, 6.45) is 1.71. The summed E-state index contributed by atoms with van der Waals surface area (Å²) in [6, 6.07) is 19.2. The topological polar surface area (TPSA) is 81.9 Å². The molecule has 7 nitrogen and oxygen atoms in total. The summed E-state index contributed by atoms with van der Waals surface area (Å²) >= 11 is 1.31. The van der Waals surface area contributed by atoms with Crippen LogP contribution in [0.25, 0.3) is 17.2 Å². The van der Waals surface area contributed by atoms with E-state index in [9.17, 15) is 4.79 Å². The van der Waals surface area contributed by atoms with Crippen LogP contribution in [-0.2, 0) is 4.79 Å². The molecule has 0 fully saturated rings. The number of methoxy groups -OCH3 is 1. The Bertz CT molecular complexity index is 1220. The summed E-state index contributed by atoms with van der Waals surface area (Å²) in [7, 11) is 1.62. The number of ether oxygens (including phenoxy) is 1. The molecule has 2 heterocycles. The van der Waals surface area contributed by atoms with Gasteiger partial charge in [-0.3, -0.25) is 14.3 Å². The van der Waals surface area contributed by atoms with Crippen LogP contribution in [0, 0.1) is 13.8 Å². The van der Waals surface area contributed by atoms with E-state index in [2.05, 4.69) is 20.5 Å². The molecule has 0 aliphatic heterocycles. The zero-order valence-corrected chi connectivity index (χ0v) is 18.9. The van der Waals surface area contributed by atoms with Crippen molar-refractivity contribution in [3.05, 3.63) is 78.0 Å². The summed E-state index contributed by atoms with van der Waals surface area (Å²) < 4.78 is 7.43. The average molecular weight is 446 g/mol. The lowest BCUT2D eigenvalue weighted by molar-refractivity contribution is -0.113. The number of benzene rings is 2. The molecule has 2 aromatic heterocycles. The van der Waals surface area contributed by atoms with Crippen LogP contribution in [0.1, 0.15) is 11.1 Å². The number of carbonyl (C=O) groups is 1. The van der Waals surface area contributed by atoms with Gasteiger partial charge in [-0.2, -0.15) is 0 Å². The van der Waals surface area contributed by atoms with Gasteiger partial charge in [-0.1, -0.05) is 48.2 Å². The molecule has 0 aliphatic rings. The second-order valence-corrected chi connectivity index (χ2v) is 8.07. The first-order valence-electron chi connectivity index (χ1n) is 10.1. The standard InChI is InChI=1S/C24H23N5O2S/c1-16-9-8-10-17(2)22(16)26-21(30)15-32-24-28-27-23(18-11-6-7-14-25-18)29(24)19-12-4-5-13-20(19)31-3/h4-14H,15H2,1-3H3,(H,26,30). The number of hydrogen-bond donors (Lipinski definition) is 1. The van der Waals surface area contributed by atoms with Crippen molar-refractivity contribution in [2.45, 2.75) is 19.0 Å². The van der Waals surface area contributed by atoms with E-state index in [-0.39, 0.29) is 11.7 Å². The molecule has 0 aliphatic carbocycles. The Labute approximate surface area is 190 Å². The van der Waals surface area contributed by atoms with Crippen LogP contribution in [0.15, 0.2) is 72.0 Å². The summed E-state index contributed by atoms with van der Waals surface area (Å²) in [4.78, 5) is 17.1. The number of carbonyl (C=O) groups excluding carboxylic acids is 1. The van der Waals surface area contributed by atoms with E-state index in [4.69, 9.17) is 4.74 Å². The lowest BCUT2D eigenvalue weighted by Gasteiger charge is -2.14. The maximum atomic E-state index is 12.7. The molecule has 32 heavy (non-hydrogen) atoms. The molecule has 0 atom stereocenters. The average Bonchev–Trinajstić information content (AvgIpc) is 3.24. The highest BCUT2D eigenvalue weighted by molar-refractivity contribution is 7.99. The number of aryl methyl sites for hydroxylation is 2. The van der Waals surface area contributed by atoms with E-state index in [0.717, 1.165) is 22.5 Å². The van der Waals surface area contributed by atoms with Gasteiger partial charge in [0, 0.05) is 11.9 Å². The maximum Gasteiger partial charge on any atom is 0.234 e. The zero-order chi connectivity index (χ0) is 22.5. The third-order valence-electron chi connectivity index (χ3n) is 4.93. The summed E-state index contributed by atoms with van der Waals surface area (Å²) in [5.74, 6) is 1.32. The van der Waals surface area contributed by atoms with Gasteiger partial charge in [0.1, 0.15) is 11.4 Å². The van der Waals surface area contributed by atoms with Gasteiger partial charge in [-0.25, -0.2) is 0 Å². The van der Waals surface area contributed by atoms with Crippen LogP contribution in [0.2, 0.25) is 0 Å². The van der Waals surface area contributed by atoms with Crippen LogP contribution in [0.4, 0.5) is 5.69 Å². The van der Waals surface area contributed by atoms with Crippen molar-refractivity contribution in [3.63, 3.8) is 0 Å². The molecule has 2 aromatic carbocycles. The largest absolute Gasteiger partial charge is 0.495 e. The minimum atomic E-state index is -0.110. The van der Waals surface area contributed by atoms with E-state index >= 15 is 0 Å². The van der Waals surface area contributed by atoms with Crippen LogP contribution in [-0.4, -0.2) is 38.5 Å². The SMILES string of the molecule is COc1ccccc1-n1c(SCC(=O)Nc2c(C)cccc2C)nnc1-c1ccccn1. The van der Waals surface area contributed by atoms with Gasteiger partial charge in [-0.05, 0) is 49.2 Å². The van der Waals surface area contributed by atoms with Crippen molar-refractivity contribution < 1.29 is 9.53 Å². The van der Waals surface area contributed by atoms with Gasteiger partial charge in [0.25, 0.3) is 0 Å². The first-order chi connectivity index (χ1) is 15.6. The lowest BCUT2D eigenvalue weighted by Crippen LogP contribution is -2.16. The molecule has 4 rings (SSSR count). The highest BCUT2D eigenvalue weighted by atomic mass is 32.2. The summed E-state index contributed by atoms with van der Waals surface area (Å²) in [5.41, 5.74) is 4.35. The molecule has 162 valence electrons. The molecule has 0 saturated carbocycles. The summed E-state index contributed by atoms with van der Waals surface area (Å²) in [5, 5.41) is 12.3. The maximum absolute atomic E-state index is 12.7. The molecule has 0 spiro atoms. The number of nitrogens with zero attached hydrogens (tertiary/aromatic N) is 4. The van der Waals surface area contributed by atoms with Crippen LogP contribution >= 0.6 is 11.8 Å². The number of rotatable bonds is 7. The minimum absolute atomic E-state index is 0.110. The second-order valence-electron chi connectivity index (χ2n) is 7.13. The first-order valence-corrected chi connectivity index (χ1v) is 11.1. The van der Waals surface area contributed by atoms with Gasteiger partial charge < -0.3 is 10.1 Å². The molecule has 0 unspecified atom stereocenters. The number of para-hydroxylation sites is 3. The molecule has 0 bridgehead atoms. The number of hydrogen-bond acceptors (Lipinski definition) is 6. The van der Waals surface area contributed by atoms with Gasteiger partial charge in [0.05, 0.1) is 18.6 Å². The highest BCUT2D eigenvalue weighted by Gasteiger charge is 2.20. The van der Waals surface area contributed by atoms with Gasteiger partial charge in [0.2, 0.25) is 5.91 Å². The summed E-state index contributed by atoms with van der Waals surface area (Å²) in [6.45, 7) is 3.96. The normalized spacial score (nSPS) is 10.7. The Morgan fingerprint density at radius 3 is 2.47 bits per heavy atom. The fourth-order valence-electron chi connectivity index (χ4n) is 3.37. The number of amides is 1. The van der Waals surface area contributed by atoms with Crippen LogP contribution < -0.4 is 10.1 Å². The van der Waals surface area contributed by atoms with Crippen molar-refractivity contribution in [1.29, 1.82) is 0 Å². The Kier molecular flexibility index (Phi) is 6.51. The Morgan fingerprint density at radius 2 is 1.75 bits per heavy atom. The molecular weight excluding hydrogens is 422 g/mol. The van der Waals surface area contributed by atoms with Crippen LogP contribution in [0.3, 0.4) is 0 Å². The molecular formula is C24H23N5O2S. The van der Waals surface area contributed by atoms with E-state index in [0.29, 0.717) is 22.4 Å². The highest BCUT2D eigenvalue weighted by Crippen LogP contribution is 2.32. The monoisotopic (exact) mass is 445 g/mol. The van der Waals surface area contributed by atoms with E-state index in [1.54, 1.807) is 13.3 Å². The van der Waals surface area contributed by atoms with E-state index < -0.39 is 0 Å². The first kappa shape index (κ1) is 21.6. The Hall–Kier alpha value is -3.65. The van der Waals surface area contributed by atoms with Gasteiger partial charge >= 0.3 is 0 Å². The smallest absolute Gasteiger partial charge is 0.234 e. The number of thioether (sulfide) groups is 1. The van der Waals surface area contributed by atoms with Crippen molar-refractivity contribution >= 4 is 23.4 Å². The number of nitrogens with one attached hydrogen (secondary N) is 1. The zero-order valence-electron chi connectivity index (χ0n) is 18.1. The molecule has 1 N–H and O–H groups in total. The quantitative estimate of drug-likeness (QED) is 0.416. The fraction of sp³-hybridized carbons (Fsp3) is 0.167. The molecule has 0 radical (unpaired) electrons. The number of aromatic nitrogens is 4. The molecule has 4 aromatic rings. The van der Waals surface area contributed by atoms with Crippen LogP contribution in [0.5, 0.6) is 5.75 Å². The molecule has 8 heteroatoms. The van der Waals surface area contributed by atoms with Gasteiger partial charge in [0.15, 0.2) is 11.0 Å². The number of pyridine rings is 1. The Balaban J connectivity index is 1.64. The minimum Gasteiger partial charge on any atom is -0.495 e. The van der Waals surface area contributed by atoms with Crippen molar-refractivity contribution in [2.75, 3.05) is 18.2 Å². The van der Waals surface area contributed by atoms with Crippen molar-refractivity contribution in [1.82, 2.24) is 19.7 Å². The third-order valence-corrected chi connectivity index (χ3v) is 5.86. The van der Waals surface area contributed by atoms with Crippen molar-refractivity contribution in [2.24, 2.45) is 0 Å². The van der Waals surface area contributed by atoms with Crippen molar-refractivity contribution in [3.8, 4) is 23.0 Å². The molecule has 1 amide bonds.